The van der Waals surface area contributed by atoms with Crippen molar-refractivity contribution in [2.75, 3.05) is 19.6 Å². The van der Waals surface area contributed by atoms with E-state index in [9.17, 15) is 5.11 Å². The molecule has 86 valence electrons. The number of phenols is 1. The highest BCUT2D eigenvalue weighted by atomic mass is 16.3. The van der Waals surface area contributed by atoms with Crippen LogP contribution in [0, 0.1) is 0 Å². The number of rotatable bonds is 3. The fraction of sp³-hybridized carbons (Fsp3) is 0.571. The second-order valence-corrected chi connectivity index (χ2v) is 5.28. The van der Waals surface area contributed by atoms with E-state index in [2.05, 4.69) is 11.0 Å². The van der Waals surface area contributed by atoms with Crippen molar-refractivity contribution >= 4 is 0 Å². The molecule has 2 nitrogen and oxygen atoms in total. The van der Waals surface area contributed by atoms with E-state index in [0.717, 1.165) is 6.54 Å². The zero-order valence-electron chi connectivity index (χ0n) is 9.65. The van der Waals surface area contributed by atoms with Crippen molar-refractivity contribution in [1.29, 1.82) is 0 Å². The van der Waals surface area contributed by atoms with Gasteiger partial charge in [0.25, 0.3) is 0 Å². The second-order valence-electron chi connectivity index (χ2n) is 5.28. The number of aromatic hydroxyl groups is 1. The minimum Gasteiger partial charge on any atom is -0.508 e. The Hall–Kier alpha value is -1.02. The molecule has 1 saturated heterocycles. The standard InChI is InChI=1S/C14H19NO/c16-13-6-2-1-5-12(13)14(7-3-8-14)11-15-9-4-10-15/h1-2,5-6,16H,3-4,7-11H2. The topological polar surface area (TPSA) is 23.5 Å². The van der Waals surface area contributed by atoms with Crippen LogP contribution in [0.1, 0.15) is 31.2 Å². The zero-order valence-corrected chi connectivity index (χ0v) is 9.65. The average molecular weight is 217 g/mol. The lowest BCUT2D eigenvalue weighted by molar-refractivity contribution is 0.0920. The van der Waals surface area contributed by atoms with Crippen LogP contribution in [-0.4, -0.2) is 29.6 Å². The van der Waals surface area contributed by atoms with Crippen LogP contribution in [0.25, 0.3) is 0 Å². The van der Waals surface area contributed by atoms with Gasteiger partial charge in [0, 0.05) is 17.5 Å². The molecule has 0 atom stereocenters. The van der Waals surface area contributed by atoms with Crippen LogP contribution in [0.3, 0.4) is 0 Å². The maximum absolute atomic E-state index is 10.00. The first-order valence-electron chi connectivity index (χ1n) is 6.31. The lowest BCUT2D eigenvalue weighted by atomic mass is 9.63. The number of benzene rings is 1. The van der Waals surface area contributed by atoms with Crippen LogP contribution in [0.2, 0.25) is 0 Å². The third kappa shape index (κ3) is 1.52. The number of phenolic OH excluding ortho intramolecular Hbond substituents is 1. The minimum absolute atomic E-state index is 0.256. The van der Waals surface area contributed by atoms with Crippen molar-refractivity contribution in [3.63, 3.8) is 0 Å². The van der Waals surface area contributed by atoms with Crippen LogP contribution >= 0.6 is 0 Å². The summed E-state index contributed by atoms with van der Waals surface area (Å²) in [5, 5.41) is 10.00. The maximum Gasteiger partial charge on any atom is 0.119 e. The summed E-state index contributed by atoms with van der Waals surface area (Å²) in [7, 11) is 0. The minimum atomic E-state index is 0.256. The molecule has 0 aromatic heterocycles. The largest absolute Gasteiger partial charge is 0.508 e. The zero-order chi connectivity index (χ0) is 11.0. The fourth-order valence-corrected chi connectivity index (χ4v) is 3.01. The Kier molecular flexibility index (Phi) is 2.40. The Morgan fingerprint density at radius 1 is 1.12 bits per heavy atom. The summed E-state index contributed by atoms with van der Waals surface area (Å²) in [4.78, 5) is 2.52. The van der Waals surface area contributed by atoms with Crippen LogP contribution in [0.15, 0.2) is 24.3 Å². The highest BCUT2D eigenvalue weighted by molar-refractivity contribution is 5.40. The van der Waals surface area contributed by atoms with Crippen molar-refractivity contribution in [2.24, 2.45) is 0 Å². The summed E-state index contributed by atoms with van der Waals surface area (Å²) in [5.41, 5.74) is 1.43. The van der Waals surface area contributed by atoms with E-state index >= 15 is 0 Å². The summed E-state index contributed by atoms with van der Waals surface area (Å²) < 4.78 is 0. The van der Waals surface area contributed by atoms with Gasteiger partial charge in [-0.15, -0.1) is 0 Å². The third-order valence-corrected chi connectivity index (χ3v) is 4.26. The average Bonchev–Trinajstić information content (AvgIpc) is 2.16. The lowest BCUT2D eigenvalue weighted by Gasteiger charge is -2.48. The van der Waals surface area contributed by atoms with Gasteiger partial charge in [-0.25, -0.2) is 0 Å². The van der Waals surface area contributed by atoms with Crippen molar-refractivity contribution < 1.29 is 5.11 Å². The van der Waals surface area contributed by atoms with E-state index in [1.54, 1.807) is 0 Å². The summed E-state index contributed by atoms with van der Waals surface area (Å²) >= 11 is 0. The monoisotopic (exact) mass is 217 g/mol. The summed E-state index contributed by atoms with van der Waals surface area (Å²) in [6.45, 7) is 3.63. The predicted octanol–water partition coefficient (Wildman–Crippen LogP) is 2.52. The molecule has 1 aliphatic carbocycles. The molecule has 0 amide bonds. The van der Waals surface area contributed by atoms with Crippen LogP contribution in [0.4, 0.5) is 0 Å². The van der Waals surface area contributed by atoms with Gasteiger partial charge in [0.1, 0.15) is 5.75 Å². The molecule has 3 rings (SSSR count). The van der Waals surface area contributed by atoms with Gasteiger partial charge in [-0.2, -0.15) is 0 Å². The molecular weight excluding hydrogens is 198 g/mol. The first kappa shape index (κ1) is 10.2. The molecule has 2 aliphatic rings. The number of likely N-dealkylation sites (tertiary alicyclic amines) is 1. The number of hydrogen-bond acceptors (Lipinski definition) is 2. The van der Waals surface area contributed by atoms with E-state index < -0.39 is 0 Å². The molecular formula is C14H19NO. The van der Waals surface area contributed by atoms with E-state index in [1.807, 2.05) is 18.2 Å². The Bertz CT molecular complexity index is 380. The van der Waals surface area contributed by atoms with Crippen molar-refractivity contribution in [3.8, 4) is 5.75 Å². The van der Waals surface area contributed by atoms with Gasteiger partial charge in [-0.3, -0.25) is 0 Å². The Morgan fingerprint density at radius 3 is 2.38 bits per heavy atom. The predicted molar refractivity (Wildman–Crippen MR) is 64.7 cm³/mol. The summed E-state index contributed by atoms with van der Waals surface area (Å²) in [5.74, 6) is 0.489. The first-order chi connectivity index (χ1) is 7.80. The Balaban J connectivity index is 1.86. The van der Waals surface area contributed by atoms with Crippen molar-refractivity contribution in [2.45, 2.75) is 31.1 Å². The summed E-state index contributed by atoms with van der Waals surface area (Å²) in [6.07, 6.45) is 5.13. The first-order valence-corrected chi connectivity index (χ1v) is 6.31. The van der Waals surface area contributed by atoms with Gasteiger partial charge in [-0.1, -0.05) is 24.6 Å². The quantitative estimate of drug-likeness (QED) is 0.841. The molecule has 16 heavy (non-hydrogen) atoms. The van der Waals surface area contributed by atoms with Gasteiger partial charge in [0.05, 0.1) is 0 Å². The van der Waals surface area contributed by atoms with Crippen LogP contribution in [-0.2, 0) is 5.41 Å². The van der Waals surface area contributed by atoms with Gasteiger partial charge in [0.15, 0.2) is 0 Å². The molecule has 2 heteroatoms. The van der Waals surface area contributed by atoms with Crippen LogP contribution in [0.5, 0.6) is 5.75 Å². The molecule has 1 heterocycles. The highest BCUT2D eigenvalue weighted by Gasteiger charge is 2.42. The van der Waals surface area contributed by atoms with Crippen molar-refractivity contribution in [3.05, 3.63) is 29.8 Å². The molecule has 2 fully saturated rings. The molecule has 0 unspecified atom stereocenters. The molecule has 0 bridgehead atoms. The number of nitrogens with zero attached hydrogens (tertiary/aromatic N) is 1. The van der Waals surface area contributed by atoms with Crippen LogP contribution < -0.4 is 0 Å². The second kappa shape index (κ2) is 3.77. The fourth-order valence-electron chi connectivity index (χ4n) is 3.01. The molecule has 0 spiro atoms. The van der Waals surface area contributed by atoms with E-state index in [0.29, 0.717) is 5.75 Å². The SMILES string of the molecule is Oc1ccccc1C1(CN2CCC2)CCC1. The van der Waals surface area contributed by atoms with E-state index in [4.69, 9.17) is 0 Å². The highest BCUT2D eigenvalue weighted by Crippen LogP contribution is 2.47. The summed E-state index contributed by atoms with van der Waals surface area (Å²) in [6, 6.07) is 7.89. The maximum atomic E-state index is 10.00. The molecule has 1 aromatic rings. The molecule has 0 radical (unpaired) electrons. The number of para-hydroxylation sites is 1. The molecule has 1 aromatic carbocycles. The van der Waals surface area contributed by atoms with E-state index in [1.165, 1.54) is 44.3 Å². The van der Waals surface area contributed by atoms with Gasteiger partial charge < -0.3 is 10.0 Å². The van der Waals surface area contributed by atoms with Gasteiger partial charge >= 0.3 is 0 Å². The third-order valence-electron chi connectivity index (χ3n) is 4.26. The van der Waals surface area contributed by atoms with E-state index in [-0.39, 0.29) is 5.41 Å². The Labute approximate surface area is 96.9 Å². The lowest BCUT2D eigenvalue weighted by Crippen LogP contribution is -2.50. The Morgan fingerprint density at radius 2 is 1.88 bits per heavy atom. The smallest absolute Gasteiger partial charge is 0.119 e. The molecule has 1 N–H and O–H groups in total. The number of hydrogen-bond donors (Lipinski definition) is 1. The van der Waals surface area contributed by atoms with Crippen molar-refractivity contribution in [1.82, 2.24) is 4.90 Å². The van der Waals surface area contributed by atoms with Gasteiger partial charge in [0.2, 0.25) is 0 Å². The molecule has 1 saturated carbocycles. The van der Waals surface area contributed by atoms with Gasteiger partial charge in [-0.05, 0) is 38.4 Å². The normalized spacial score (nSPS) is 23.5. The molecule has 1 aliphatic heterocycles.